The van der Waals surface area contributed by atoms with Crippen molar-refractivity contribution in [3.63, 3.8) is 0 Å². The highest BCUT2D eigenvalue weighted by Crippen LogP contribution is 2.20. The van der Waals surface area contributed by atoms with Crippen molar-refractivity contribution in [3.05, 3.63) is 131 Å². The Balaban J connectivity index is 0.000000288. The molecule has 3 heteroatoms. The van der Waals surface area contributed by atoms with Crippen molar-refractivity contribution in [2.24, 2.45) is 0 Å². The largest absolute Gasteiger partial charge is 0.497 e. The van der Waals surface area contributed by atoms with Crippen LogP contribution in [-0.2, 0) is 6.61 Å². The molecule has 3 nitrogen and oxygen atoms in total. The van der Waals surface area contributed by atoms with Crippen molar-refractivity contribution >= 4 is 0 Å². The molecule has 0 aliphatic carbocycles. The monoisotopic (exact) mass is 584 g/mol. The highest BCUT2D eigenvalue weighted by atomic mass is 16.5. The molecular formula is C40H56O3. The highest BCUT2D eigenvalue weighted by molar-refractivity contribution is 5.30. The lowest BCUT2D eigenvalue weighted by atomic mass is 10.0. The molecule has 0 saturated carbocycles. The molecule has 0 spiro atoms. The number of hydrogen-bond donors (Lipinski definition) is 1. The summed E-state index contributed by atoms with van der Waals surface area (Å²) in [5, 5.41) is 8.77. The Morgan fingerprint density at radius 3 is 1.35 bits per heavy atom. The lowest BCUT2D eigenvalue weighted by Crippen LogP contribution is -1.93. The molecule has 0 fully saturated rings. The summed E-state index contributed by atoms with van der Waals surface area (Å²) in [6, 6.07) is 35.1. The van der Waals surface area contributed by atoms with Crippen molar-refractivity contribution < 1.29 is 14.6 Å². The zero-order valence-corrected chi connectivity index (χ0v) is 28.3. The Kier molecular flexibility index (Phi) is 18.5. The van der Waals surface area contributed by atoms with E-state index in [4.69, 9.17) is 14.6 Å². The average molecular weight is 585 g/mol. The summed E-state index contributed by atoms with van der Waals surface area (Å²) in [6.45, 7) is 20.3. The Bertz CT molecular complexity index is 1170. The van der Waals surface area contributed by atoms with Gasteiger partial charge in [0.25, 0.3) is 0 Å². The van der Waals surface area contributed by atoms with Crippen LogP contribution in [-0.4, -0.2) is 18.8 Å². The molecule has 0 heterocycles. The standard InChI is InChI=1S/C11H16O.2C10H14O.C9H12/c1-4-12-11-7-5-6-10(8-11)9(2)3;1-8(2)9-4-6-10(11-3)7-5-9;1-8(2)10-5-3-9(7-11)4-6-10;1-8(2)9-6-4-3-5-7-9/h5-9H,4H2,1-3H3;4-8H,1-3H3;3-6,8,11H,7H2,1-2H3;3-8H,1-2H3. The van der Waals surface area contributed by atoms with Gasteiger partial charge in [-0.05, 0) is 82.7 Å². The summed E-state index contributed by atoms with van der Waals surface area (Å²) in [6.07, 6.45) is 0. The first-order valence-electron chi connectivity index (χ1n) is 15.6. The van der Waals surface area contributed by atoms with Gasteiger partial charge in [-0.3, -0.25) is 0 Å². The topological polar surface area (TPSA) is 38.7 Å². The van der Waals surface area contributed by atoms with Gasteiger partial charge in [-0.25, -0.2) is 0 Å². The van der Waals surface area contributed by atoms with E-state index in [-0.39, 0.29) is 6.61 Å². The maximum atomic E-state index is 8.77. The molecule has 4 aromatic carbocycles. The molecule has 0 saturated heterocycles. The van der Waals surface area contributed by atoms with E-state index in [0.717, 1.165) is 23.7 Å². The van der Waals surface area contributed by atoms with E-state index in [1.807, 2.05) is 49.4 Å². The minimum atomic E-state index is 0.137. The van der Waals surface area contributed by atoms with Crippen LogP contribution in [0.15, 0.2) is 103 Å². The Morgan fingerprint density at radius 1 is 0.512 bits per heavy atom. The highest BCUT2D eigenvalue weighted by Gasteiger charge is 2.00. The van der Waals surface area contributed by atoms with Crippen molar-refractivity contribution in [3.8, 4) is 11.5 Å². The van der Waals surface area contributed by atoms with Gasteiger partial charge >= 0.3 is 0 Å². The van der Waals surface area contributed by atoms with E-state index in [0.29, 0.717) is 23.7 Å². The maximum absolute atomic E-state index is 8.77. The molecule has 43 heavy (non-hydrogen) atoms. The Morgan fingerprint density at radius 2 is 0.953 bits per heavy atom. The first-order chi connectivity index (χ1) is 20.5. The summed E-state index contributed by atoms with van der Waals surface area (Å²) in [4.78, 5) is 0. The summed E-state index contributed by atoms with van der Waals surface area (Å²) in [5.41, 5.74) is 6.40. The average Bonchev–Trinajstić information content (AvgIpc) is 3.02. The molecule has 0 aliphatic rings. The van der Waals surface area contributed by atoms with Gasteiger partial charge in [0, 0.05) is 0 Å². The van der Waals surface area contributed by atoms with Crippen LogP contribution in [0.3, 0.4) is 0 Å². The van der Waals surface area contributed by atoms with Crippen LogP contribution < -0.4 is 9.47 Å². The van der Waals surface area contributed by atoms with Gasteiger partial charge in [0.15, 0.2) is 0 Å². The van der Waals surface area contributed by atoms with Crippen molar-refractivity contribution in [1.29, 1.82) is 0 Å². The van der Waals surface area contributed by atoms with Crippen LogP contribution in [0.5, 0.6) is 11.5 Å². The third-order valence-electron chi connectivity index (χ3n) is 6.91. The number of aliphatic hydroxyl groups is 1. The lowest BCUT2D eigenvalue weighted by Gasteiger charge is -2.07. The van der Waals surface area contributed by atoms with Gasteiger partial charge in [0.1, 0.15) is 11.5 Å². The van der Waals surface area contributed by atoms with E-state index in [9.17, 15) is 0 Å². The molecule has 0 amide bonds. The second-order valence-corrected chi connectivity index (χ2v) is 11.7. The molecule has 1 N–H and O–H groups in total. The second-order valence-electron chi connectivity index (χ2n) is 11.7. The first-order valence-corrected chi connectivity index (χ1v) is 15.6. The normalized spacial score (nSPS) is 10.3. The SMILES string of the molecule is CC(C)c1ccc(CO)cc1.CC(C)c1ccccc1.CCOc1cccc(C(C)C)c1.COc1ccc(C(C)C)cc1. The predicted octanol–water partition coefficient (Wildman–Crippen LogP) is 11.1. The van der Waals surface area contributed by atoms with E-state index < -0.39 is 0 Å². The molecule has 0 unspecified atom stereocenters. The molecule has 0 aliphatic heterocycles. The van der Waals surface area contributed by atoms with E-state index in [1.165, 1.54) is 22.3 Å². The Labute approximate surface area is 262 Å². The number of benzene rings is 4. The minimum Gasteiger partial charge on any atom is -0.497 e. The second kappa shape index (κ2) is 21.2. The molecule has 0 bridgehead atoms. The van der Waals surface area contributed by atoms with Crippen molar-refractivity contribution in [2.45, 2.75) is 92.6 Å². The summed E-state index contributed by atoms with van der Waals surface area (Å²) < 4.78 is 10.4. The smallest absolute Gasteiger partial charge is 0.119 e. The van der Waals surface area contributed by atoms with Crippen molar-refractivity contribution in [2.75, 3.05) is 13.7 Å². The molecular weight excluding hydrogens is 528 g/mol. The van der Waals surface area contributed by atoms with Gasteiger partial charge in [0.05, 0.1) is 20.3 Å². The number of ether oxygens (including phenoxy) is 2. The molecule has 4 aromatic rings. The van der Waals surface area contributed by atoms with Crippen LogP contribution in [0, 0.1) is 0 Å². The van der Waals surface area contributed by atoms with Crippen LogP contribution in [0.2, 0.25) is 0 Å². The van der Waals surface area contributed by atoms with E-state index in [1.54, 1.807) is 7.11 Å². The number of hydrogen-bond acceptors (Lipinski definition) is 3. The number of rotatable bonds is 8. The van der Waals surface area contributed by atoms with E-state index in [2.05, 4.69) is 116 Å². The van der Waals surface area contributed by atoms with E-state index >= 15 is 0 Å². The summed E-state index contributed by atoms with van der Waals surface area (Å²) in [7, 11) is 1.68. The zero-order chi connectivity index (χ0) is 32.2. The zero-order valence-electron chi connectivity index (χ0n) is 28.3. The van der Waals surface area contributed by atoms with Gasteiger partial charge in [-0.15, -0.1) is 0 Å². The molecule has 234 valence electrons. The summed E-state index contributed by atoms with van der Waals surface area (Å²) >= 11 is 0. The predicted molar refractivity (Wildman–Crippen MR) is 186 cm³/mol. The van der Waals surface area contributed by atoms with Crippen LogP contribution in [0.25, 0.3) is 0 Å². The Hall–Kier alpha value is -3.56. The molecule has 0 radical (unpaired) electrons. The van der Waals surface area contributed by atoms with Crippen LogP contribution in [0.1, 0.15) is 114 Å². The maximum Gasteiger partial charge on any atom is 0.119 e. The lowest BCUT2D eigenvalue weighted by molar-refractivity contribution is 0.282. The fourth-order valence-electron chi connectivity index (χ4n) is 3.96. The fourth-order valence-corrected chi connectivity index (χ4v) is 3.96. The molecule has 4 rings (SSSR count). The van der Waals surface area contributed by atoms with Gasteiger partial charge in [0.2, 0.25) is 0 Å². The van der Waals surface area contributed by atoms with Crippen LogP contribution in [0.4, 0.5) is 0 Å². The van der Waals surface area contributed by atoms with Gasteiger partial charge in [-0.1, -0.05) is 134 Å². The quantitative estimate of drug-likeness (QED) is 0.224. The molecule has 0 atom stereocenters. The first kappa shape index (κ1) is 37.5. The number of methoxy groups -OCH3 is 1. The third-order valence-corrected chi connectivity index (χ3v) is 6.91. The van der Waals surface area contributed by atoms with Crippen molar-refractivity contribution in [1.82, 2.24) is 0 Å². The minimum absolute atomic E-state index is 0.137. The molecule has 0 aromatic heterocycles. The number of aliphatic hydroxyl groups excluding tert-OH is 1. The van der Waals surface area contributed by atoms with Gasteiger partial charge < -0.3 is 14.6 Å². The van der Waals surface area contributed by atoms with Gasteiger partial charge in [-0.2, -0.15) is 0 Å². The van der Waals surface area contributed by atoms with Crippen LogP contribution >= 0.6 is 0 Å². The third kappa shape index (κ3) is 15.5. The summed E-state index contributed by atoms with van der Waals surface area (Å²) in [5.74, 6) is 4.30. The fraction of sp³-hybridized carbons (Fsp3) is 0.400.